The fraction of sp³-hybridized carbons (Fsp3) is 0.895. The Labute approximate surface area is 150 Å². The van der Waals surface area contributed by atoms with Crippen LogP contribution in [0.1, 0.15) is 65.2 Å². The van der Waals surface area contributed by atoms with Crippen LogP contribution < -0.4 is 0 Å². The Bertz CT molecular complexity index is 673. The van der Waals surface area contributed by atoms with Gasteiger partial charge >= 0.3 is 10.4 Å². The maximum atomic E-state index is 12.4. The highest BCUT2D eigenvalue weighted by Crippen LogP contribution is 2.65. The summed E-state index contributed by atoms with van der Waals surface area (Å²) in [4.78, 5) is 12.4. The van der Waals surface area contributed by atoms with Crippen molar-refractivity contribution in [2.45, 2.75) is 71.3 Å². The zero-order valence-electron chi connectivity index (χ0n) is 15.1. The third kappa shape index (κ3) is 2.79. The first-order valence-electron chi connectivity index (χ1n) is 9.66. The molecule has 6 heteroatoms. The minimum absolute atomic E-state index is 0.108. The van der Waals surface area contributed by atoms with Crippen LogP contribution in [0.15, 0.2) is 0 Å². The summed E-state index contributed by atoms with van der Waals surface area (Å²) < 4.78 is 36.0. The highest BCUT2D eigenvalue weighted by atomic mass is 32.3. The first kappa shape index (κ1) is 17.9. The van der Waals surface area contributed by atoms with Gasteiger partial charge < -0.3 is 6.42 Å². The quantitative estimate of drug-likeness (QED) is 0.594. The first-order chi connectivity index (χ1) is 11.6. The molecule has 5 nitrogen and oxygen atoms in total. The largest absolute Gasteiger partial charge is 0.397 e. The Morgan fingerprint density at radius 1 is 1.16 bits per heavy atom. The fourth-order valence-corrected chi connectivity index (χ4v) is 7.46. The van der Waals surface area contributed by atoms with Crippen molar-refractivity contribution in [2.24, 2.45) is 34.5 Å². The molecule has 25 heavy (non-hydrogen) atoms. The SMILES string of the molecule is C[C@]12CC[C@H](OS(=O)(=O)O)CC1[CH-]C[C@@H]1[C@@H]2CC[C@]2(C)C(=O)CC[C@@H]12. The van der Waals surface area contributed by atoms with Crippen molar-refractivity contribution in [2.75, 3.05) is 0 Å². The van der Waals surface area contributed by atoms with E-state index in [2.05, 4.69) is 20.3 Å². The van der Waals surface area contributed by atoms with Crippen LogP contribution in [-0.2, 0) is 19.4 Å². The summed E-state index contributed by atoms with van der Waals surface area (Å²) in [5.74, 6) is 2.51. The van der Waals surface area contributed by atoms with E-state index in [1.54, 1.807) is 0 Å². The van der Waals surface area contributed by atoms with Gasteiger partial charge in [0.05, 0.1) is 6.10 Å². The molecular formula is C19H29O5S-. The molecule has 4 saturated carbocycles. The lowest BCUT2D eigenvalue weighted by Gasteiger charge is -2.64. The van der Waals surface area contributed by atoms with Gasteiger partial charge in [0.15, 0.2) is 0 Å². The van der Waals surface area contributed by atoms with Crippen LogP contribution >= 0.6 is 0 Å². The van der Waals surface area contributed by atoms with Gasteiger partial charge in [-0.2, -0.15) is 20.8 Å². The van der Waals surface area contributed by atoms with Gasteiger partial charge in [-0.25, -0.2) is 4.18 Å². The van der Waals surface area contributed by atoms with Gasteiger partial charge in [-0.3, -0.25) is 9.35 Å². The summed E-state index contributed by atoms with van der Waals surface area (Å²) in [6.45, 7) is 4.54. The van der Waals surface area contributed by atoms with Crippen LogP contribution in [0.3, 0.4) is 0 Å². The minimum atomic E-state index is -4.38. The third-order valence-corrected chi connectivity index (χ3v) is 8.83. The number of Topliss-reactive ketones (excluding diaryl/α,β-unsaturated/α-hetero) is 1. The molecule has 0 aromatic carbocycles. The van der Waals surface area contributed by atoms with Gasteiger partial charge in [0, 0.05) is 11.8 Å². The van der Waals surface area contributed by atoms with Gasteiger partial charge in [0.25, 0.3) is 0 Å². The normalized spacial score (nSPS) is 50.0. The zero-order chi connectivity index (χ0) is 18.0. The Morgan fingerprint density at radius 3 is 2.64 bits per heavy atom. The Kier molecular flexibility index (Phi) is 4.14. The first-order valence-corrected chi connectivity index (χ1v) is 11.0. The van der Waals surface area contributed by atoms with Crippen molar-refractivity contribution in [3.8, 4) is 0 Å². The molecule has 0 amide bonds. The van der Waals surface area contributed by atoms with E-state index in [9.17, 15) is 13.2 Å². The van der Waals surface area contributed by atoms with Crippen molar-refractivity contribution in [3.63, 3.8) is 0 Å². The van der Waals surface area contributed by atoms with E-state index in [0.717, 1.165) is 38.5 Å². The van der Waals surface area contributed by atoms with E-state index in [1.165, 1.54) is 0 Å². The summed E-state index contributed by atoms with van der Waals surface area (Å²) in [6.07, 6.45) is 9.14. The third-order valence-electron chi connectivity index (χ3n) is 8.31. The summed E-state index contributed by atoms with van der Waals surface area (Å²) in [5, 5.41) is 0. The summed E-state index contributed by atoms with van der Waals surface area (Å²) in [5.41, 5.74) is 0.0540. The van der Waals surface area contributed by atoms with Gasteiger partial charge in [-0.05, 0) is 50.4 Å². The number of fused-ring (bicyclic) bond motifs is 5. The molecule has 0 radical (unpaired) electrons. The van der Waals surface area contributed by atoms with Crippen molar-refractivity contribution in [1.29, 1.82) is 0 Å². The van der Waals surface area contributed by atoms with Crippen LogP contribution in [0.25, 0.3) is 0 Å². The molecule has 0 aliphatic heterocycles. The standard InChI is InChI=1S/C19H29O5S/c1-18-9-7-13(24-25(21,22)23)11-12(18)3-4-14-15-5-6-17(20)19(15,2)10-8-16(14)18/h3,12-16H,4-11H2,1-2H3,(H,21,22,23)/q-1/t12?,13-,14-,15-,16-,18-,19-/m0/s1. The average Bonchev–Trinajstić information content (AvgIpc) is 2.82. The van der Waals surface area contributed by atoms with Crippen LogP contribution in [0, 0.1) is 40.9 Å². The molecule has 7 atom stereocenters. The van der Waals surface area contributed by atoms with Crippen molar-refractivity contribution in [1.82, 2.24) is 0 Å². The predicted octanol–water partition coefficient (Wildman–Crippen LogP) is 3.60. The number of hydrogen-bond donors (Lipinski definition) is 1. The van der Waals surface area contributed by atoms with Crippen LogP contribution in [0.4, 0.5) is 0 Å². The molecule has 0 saturated heterocycles. The predicted molar refractivity (Wildman–Crippen MR) is 92.8 cm³/mol. The number of rotatable bonds is 2. The number of carbonyl (C=O) groups is 1. The summed E-state index contributed by atoms with van der Waals surface area (Å²) >= 11 is 0. The van der Waals surface area contributed by atoms with Gasteiger partial charge in [0.2, 0.25) is 0 Å². The Balaban J connectivity index is 1.54. The van der Waals surface area contributed by atoms with Crippen molar-refractivity contribution < 1.29 is 21.9 Å². The van der Waals surface area contributed by atoms with E-state index in [0.29, 0.717) is 42.3 Å². The maximum Gasteiger partial charge on any atom is 0.397 e. The van der Waals surface area contributed by atoms with Crippen LogP contribution in [0.2, 0.25) is 0 Å². The Hall–Kier alpha value is -0.460. The molecule has 0 aromatic rings. The second kappa shape index (κ2) is 5.77. The summed E-state index contributed by atoms with van der Waals surface area (Å²) in [7, 11) is -4.38. The fourth-order valence-electron chi connectivity index (χ4n) is 6.94. The molecule has 1 N–H and O–H groups in total. The molecular weight excluding hydrogens is 340 g/mol. The van der Waals surface area contributed by atoms with Gasteiger partial charge in [0.1, 0.15) is 5.78 Å². The minimum Gasteiger partial charge on any atom is -0.325 e. The molecule has 4 aliphatic carbocycles. The van der Waals surface area contributed by atoms with Crippen LogP contribution in [-0.4, -0.2) is 24.9 Å². The van der Waals surface area contributed by atoms with Crippen molar-refractivity contribution in [3.05, 3.63) is 6.42 Å². The van der Waals surface area contributed by atoms with E-state index < -0.39 is 16.5 Å². The molecule has 1 unspecified atom stereocenters. The molecule has 4 aliphatic rings. The summed E-state index contributed by atoms with van der Waals surface area (Å²) in [6, 6.07) is 0. The second-order valence-electron chi connectivity index (χ2n) is 9.30. The molecule has 0 aromatic heterocycles. The molecule has 0 bridgehead atoms. The van der Waals surface area contributed by atoms with E-state index in [4.69, 9.17) is 8.74 Å². The lowest BCUT2D eigenvalue weighted by atomic mass is 9.45. The highest BCUT2D eigenvalue weighted by molar-refractivity contribution is 7.80. The molecule has 0 heterocycles. The van der Waals surface area contributed by atoms with E-state index in [1.807, 2.05) is 0 Å². The second-order valence-corrected chi connectivity index (χ2v) is 10.3. The number of carbonyl (C=O) groups excluding carboxylic acids is 1. The van der Waals surface area contributed by atoms with E-state index >= 15 is 0 Å². The Morgan fingerprint density at radius 2 is 1.92 bits per heavy atom. The van der Waals surface area contributed by atoms with E-state index in [-0.39, 0.29) is 10.8 Å². The number of ketones is 1. The lowest BCUT2D eigenvalue weighted by molar-refractivity contribution is -0.136. The monoisotopic (exact) mass is 369 g/mol. The maximum absolute atomic E-state index is 12.4. The van der Waals surface area contributed by atoms with Crippen LogP contribution in [0.5, 0.6) is 0 Å². The average molecular weight is 370 g/mol. The lowest BCUT2D eigenvalue weighted by Crippen LogP contribution is -2.54. The molecule has 4 fully saturated rings. The zero-order valence-corrected chi connectivity index (χ0v) is 15.9. The van der Waals surface area contributed by atoms with Gasteiger partial charge in [-0.1, -0.05) is 25.2 Å². The topological polar surface area (TPSA) is 80.7 Å². The molecule has 0 spiro atoms. The number of hydrogen-bond acceptors (Lipinski definition) is 4. The van der Waals surface area contributed by atoms with Crippen molar-refractivity contribution >= 4 is 16.2 Å². The molecule has 4 rings (SSSR count). The van der Waals surface area contributed by atoms with Gasteiger partial charge in [-0.15, -0.1) is 0 Å². The highest BCUT2D eigenvalue weighted by Gasteiger charge is 2.58. The smallest absolute Gasteiger partial charge is 0.325 e. The molecule has 142 valence electrons.